The molecule has 2 rings (SSSR count). The molecular weight excluding hydrogens is 252 g/mol. The monoisotopic (exact) mass is 268 g/mol. The van der Waals surface area contributed by atoms with Gasteiger partial charge in [0, 0.05) is 22.9 Å². The minimum absolute atomic E-state index is 0.398. The van der Waals surface area contributed by atoms with Crippen molar-refractivity contribution in [3.05, 3.63) is 28.5 Å². The highest BCUT2D eigenvalue weighted by Gasteiger charge is 2.29. The fourth-order valence-electron chi connectivity index (χ4n) is 2.44. The number of rotatable bonds is 2. The molecule has 1 fully saturated rings. The molecule has 3 atom stereocenters. The van der Waals surface area contributed by atoms with Crippen LogP contribution in [0.1, 0.15) is 25.3 Å². The molecule has 0 spiro atoms. The third-order valence-corrected chi connectivity index (χ3v) is 3.98. The number of nitrogens with zero attached hydrogens (tertiary/aromatic N) is 1. The molecule has 0 bridgehead atoms. The van der Waals surface area contributed by atoms with Crippen LogP contribution in [-0.2, 0) is 6.42 Å². The maximum atomic E-state index is 6.03. The first-order chi connectivity index (χ1) is 7.16. The van der Waals surface area contributed by atoms with Crippen LogP contribution in [0.15, 0.2) is 22.9 Å². The molecule has 0 aliphatic heterocycles. The van der Waals surface area contributed by atoms with E-state index >= 15 is 0 Å². The molecule has 0 saturated heterocycles. The third-order valence-electron chi connectivity index (χ3n) is 3.55. The van der Waals surface area contributed by atoms with Crippen molar-refractivity contribution in [2.24, 2.45) is 17.6 Å². The summed E-state index contributed by atoms with van der Waals surface area (Å²) >= 11 is 3.45. The van der Waals surface area contributed by atoms with Gasteiger partial charge in [0.2, 0.25) is 0 Å². The van der Waals surface area contributed by atoms with Crippen LogP contribution in [-0.4, -0.2) is 11.0 Å². The van der Waals surface area contributed by atoms with E-state index in [4.69, 9.17) is 5.73 Å². The van der Waals surface area contributed by atoms with E-state index in [1.807, 2.05) is 12.4 Å². The van der Waals surface area contributed by atoms with E-state index in [0.29, 0.717) is 12.0 Å². The fourth-order valence-corrected chi connectivity index (χ4v) is 2.85. The molecule has 3 heteroatoms. The number of hydrogen-bond acceptors (Lipinski definition) is 2. The highest BCUT2D eigenvalue weighted by molar-refractivity contribution is 9.10. The van der Waals surface area contributed by atoms with E-state index in [1.54, 1.807) is 0 Å². The van der Waals surface area contributed by atoms with Crippen molar-refractivity contribution in [3.8, 4) is 0 Å². The Kier molecular flexibility index (Phi) is 3.42. The van der Waals surface area contributed by atoms with Gasteiger partial charge < -0.3 is 5.73 Å². The van der Waals surface area contributed by atoms with E-state index in [0.717, 1.165) is 16.8 Å². The molecule has 2 nitrogen and oxygen atoms in total. The molecule has 0 amide bonds. The summed E-state index contributed by atoms with van der Waals surface area (Å²) in [7, 11) is 0. The molecule has 1 aliphatic carbocycles. The van der Waals surface area contributed by atoms with Crippen molar-refractivity contribution in [2.45, 2.75) is 32.2 Å². The highest BCUT2D eigenvalue weighted by atomic mass is 79.9. The lowest BCUT2D eigenvalue weighted by molar-refractivity contribution is 0.390. The zero-order valence-electron chi connectivity index (χ0n) is 8.99. The molecule has 1 saturated carbocycles. The summed E-state index contributed by atoms with van der Waals surface area (Å²) in [5.41, 5.74) is 7.34. The van der Waals surface area contributed by atoms with Crippen LogP contribution in [0.3, 0.4) is 0 Å². The Labute approximate surface area is 99.4 Å². The van der Waals surface area contributed by atoms with Crippen molar-refractivity contribution >= 4 is 15.9 Å². The summed E-state index contributed by atoms with van der Waals surface area (Å²) in [6, 6.07) is 2.55. The van der Waals surface area contributed by atoms with Crippen molar-refractivity contribution < 1.29 is 0 Å². The normalized spacial score (nSPS) is 30.7. The fraction of sp³-hybridized carbons (Fsp3) is 0.583. The first-order valence-corrected chi connectivity index (χ1v) is 6.31. The number of pyridine rings is 1. The van der Waals surface area contributed by atoms with Crippen molar-refractivity contribution in [2.75, 3.05) is 0 Å². The predicted octanol–water partition coefficient (Wildman–Crippen LogP) is 2.76. The van der Waals surface area contributed by atoms with Gasteiger partial charge in [-0.1, -0.05) is 6.92 Å². The molecule has 1 heterocycles. The second-order valence-electron chi connectivity index (χ2n) is 4.58. The topological polar surface area (TPSA) is 38.9 Å². The van der Waals surface area contributed by atoms with Gasteiger partial charge >= 0.3 is 0 Å². The van der Waals surface area contributed by atoms with Crippen LogP contribution in [0.2, 0.25) is 0 Å². The molecule has 1 aromatic rings. The molecular formula is C12H17BrN2. The number of aromatic nitrogens is 1. The maximum absolute atomic E-state index is 6.03. The van der Waals surface area contributed by atoms with Gasteiger partial charge in [0.05, 0.1) is 0 Å². The van der Waals surface area contributed by atoms with Crippen molar-refractivity contribution in [3.63, 3.8) is 0 Å². The molecule has 0 aromatic carbocycles. The number of hydrogen-bond donors (Lipinski definition) is 1. The lowest BCUT2D eigenvalue weighted by Crippen LogP contribution is -2.25. The molecule has 82 valence electrons. The Morgan fingerprint density at radius 3 is 2.87 bits per heavy atom. The SMILES string of the molecule is CC1C(N)CCC1Cc1cncc(Br)c1. The zero-order chi connectivity index (χ0) is 10.8. The van der Waals surface area contributed by atoms with Crippen LogP contribution in [0, 0.1) is 11.8 Å². The van der Waals surface area contributed by atoms with E-state index in [1.165, 1.54) is 18.4 Å². The number of nitrogens with two attached hydrogens (primary N) is 1. The van der Waals surface area contributed by atoms with Crippen molar-refractivity contribution in [1.29, 1.82) is 0 Å². The van der Waals surface area contributed by atoms with Crippen molar-refractivity contribution in [1.82, 2.24) is 4.98 Å². The summed E-state index contributed by atoms with van der Waals surface area (Å²) in [4.78, 5) is 4.19. The van der Waals surface area contributed by atoms with Gasteiger partial charge in [-0.25, -0.2) is 0 Å². The summed E-state index contributed by atoms with van der Waals surface area (Å²) in [6.45, 7) is 2.27. The zero-order valence-corrected chi connectivity index (χ0v) is 10.6. The highest BCUT2D eigenvalue weighted by Crippen LogP contribution is 2.33. The van der Waals surface area contributed by atoms with E-state index in [2.05, 4.69) is 33.9 Å². The molecule has 0 radical (unpaired) electrons. The lowest BCUT2D eigenvalue weighted by Gasteiger charge is -2.17. The van der Waals surface area contributed by atoms with E-state index < -0.39 is 0 Å². The Bertz CT molecular complexity index is 340. The summed E-state index contributed by atoms with van der Waals surface area (Å²) in [5.74, 6) is 1.38. The van der Waals surface area contributed by atoms with Crippen LogP contribution in [0.4, 0.5) is 0 Å². The first kappa shape index (κ1) is 11.1. The molecule has 2 N–H and O–H groups in total. The Morgan fingerprint density at radius 2 is 2.27 bits per heavy atom. The summed E-state index contributed by atoms with van der Waals surface area (Å²) in [5, 5.41) is 0. The van der Waals surface area contributed by atoms with E-state index in [-0.39, 0.29) is 0 Å². The average molecular weight is 269 g/mol. The molecule has 1 aromatic heterocycles. The molecule has 3 unspecified atom stereocenters. The minimum Gasteiger partial charge on any atom is -0.327 e. The first-order valence-electron chi connectivity index (χ1n) is 5.52. The second-order valence-corrected chi connectivity index (χ2v) is 5.49. The van der Waals surface area contributed by atoms with Gasteiger partial charge in [-0.05, 0) is 58.7 Å². The average Bonchev–Trinajstić information content (AvgIpc) is 2.50. The van der Waals surface area contributed by atoms with Gasteiger partial charge in [0.1, 0.15) is 0 Å². The van der Waals surface area contributed by atoms with Gasteiger partial charge in [0.15, 0.2) is 0 Å². The smallest absolute Gasteiger partial charge is 0.0410 e. The molecule has 15 heavy (non-hydrogen) atoms. The third kappa shape index (κ3) is 2.58. The minimum atomic E-state index is 0.398. The van der Waals surface area contributed by atoms with Gasteiger partial charge in [-0.3, -0.25) is 4.98 Å². The maximum Gasteiger partial charge on any atom is 0.0410 e. The largest absolute Gasteiger partial charge is 0.327 e. The summed E-state index contributed by atoms with van der Waals surface area (Å²) < 4.78 is 1.06. The Balaban J connectivity index is 2.03. The predicted molar refractivity (Wildman–Crippen MR) is 65.5 cm³/mol. The number of halogens is 1. The van der Waals surface area contributed by atoms with Gasteiger partial charge in [-0.15, -0.1) is 0 Å². The van der Waals surface area contributed by atoms with Crippen LogP contribution in [0.5, 0.6) is 0 Å². The second kappa shape index (κ2) is 4.62. The Morgan fingerprint density at radius 1 is 1.47 bits per heavy atom. The Hall–Kier alpha value is -0.410. The van der Waals surface area contributed by atoms with Crippen LogP contribution < -0.4 is 5.73 Å². The lowest BCUT2D eigenvalue weighted by atomic mass is 9.90. The van der Waals surface area contributed by atoms with E-state index in [9.17, 15) is 0 Å². The van der Waals surface area contributed by atoms with Crippen LogP contribution >= 0.6 is 15.9 Å². The quantitative estimate of drug-likeness (QED) is 0.896. The summed E-state index contributed by atoms with van der Waals surface area (Å²) in [6.07, 6.45) is 7.33. The van der Waals surface area contributed by atoms with Gasteiger partial charge in [0.25, 0.3) is 0 Å². The van der Waals surface area contributed by atoms with Crippen LogP contribution in [0.25, 0.3) is 0 Å². The molecule has 1 aliphatic rings. The standard InChI is InChI=1S/C12H17BrN2/c1-8-10(2-3-12(8)14)4-9-5-11(13)7-15-6-9/h5-8,10,12H,2-4,14H2,1H3. The van der Waals surface area contributed by atoms with Gasteiger partial charge in [-0.2, -0.15) is 0 Å².